The normalized spacial score (nSPS) is 38.2. The Balaban J connectivity index is 1.92. The Labute approximate surface area is 94.2 Å². The maximum Gasteiger partial charge on any atom is 0.0116 e. The van der Waals surface area contributed by atoms with Gasteiger partial charge in [-0.1, -0.05) is 19.8 Å². The maximum atomic E-state index is 6.09. The molecule has 2 saturated heterocycles. The van der Waals surface area contributed by atoms with Crippen LogP contribution in [0.15, 0.2) is 0 Å². The molecule has 2 aliphatic rings. The maximum absolute atomic E-state index is 6.09. The smallest absolute Gasteiger partial charge is 0.0116 e. The van der Waals surface area contributed by atoms with Crippen LogP contribution in [0.3, 0.4) is 0 Å². The Kier molecular flexibility index (Phi) is 3.68. The van der Waals surface area contributed by atoms with Crippen LogP contribution >= 0.6 is 0 Å². The molecule has 0 aromatic carbocycles. The topological polar surface area (TPSA) is 29.3 Å². The molecule has 2 nitrogen and oxygen atoms in total. The molecule has 88 valence electrons. The predicted octanol–water partition coefficient (Wildman–Crippen LogP) is 2.52. The minimum absolute atomic E-state index is 0.483. The van der Waals surface area contributed by atoms with Gasteiger partial charge in [-0.3, -0.25) is 4.90 Å². The van der Waals surface area contributed by atoms with Crippen molar-refractivity contribution in [2.45, 2.75) is 83.0 Å². The van der Waals surface area contributed by atoms with Crippen molar-refractivity contribution in [1.82, 2.24) is 4.90 Å². The molecular weight excluding hydrogens is 184 g/mol. The second-order valence-electron chi connectivity index (χ2n) is 5.55. The average Bonchev–Trinajstić information content (AvgIpc) is 2.48. The molecule has 2 heterocycles. The van der Waals surface area contributed by atoms with Crippen LogP contribution in [-0.2, 0) is 0 Å². The lowest BCUT2D eigenvalue weighted by Crippen LogP contribution is -2.51. The summed E-state index contributed by atoms with van der Waals surface area (Å²) in [4.78, 5) is 2.79. The van der Waals surface area contributed by atoms with Gasteiger partial charge >= 0.3 is 0 Å². The van der Waals surface area contributed by atoms with Gasteiger partial charge < -0.3 is 5.73 Å². The molecule has 2 bridgehead atoms. The minimum Gasteiger partial charge on any atom is -0.328 e. The molecule has 0 amide bonds. The predicted molar refractivity (Wildman–Crippen MR) is 64.8 cm³/mol. The third-order valence-corrected chi connectivity index (χ3v) is 4.31. The molecule has 0 aromatic heterocycles. The largest absolute Gasteiger partial charge is 0.328 e. The van der Waals surface area contributed by atoms with Crippen LogP contribution in [0.5, 0.6) is 0 Å². The molecule has 0 spiro atoms. The molecule has 15 heavy (non-hydrogen) atoms. The highest BCUT2D eigenvalue weighted by Crippen LogP contribution is 2.37. The van der Waals surface area contributed by atoms with Crippen LogP contribution in [0.25, 0.3) is 0 Å². The number of rotatable bonds is 4. The standard InChI is InChI=1S/C13H26N2/c1-3-4-5-10(2)15-12-6-7-13(15)9-11(14)8-12/h10-13H,3-9,14H2,1-2H3. The summed E-state index contributed by atoms with van der Waals surface area (Å²) in [6.07, 6.45) is 9.36. The van der Waals surface area contributed by atoms with Gasteiger partial charge in [0.05, 0.1) is 0 Å². The molecule has 3 atom stereocenters. The summed E-state index contributed by atoms with van der Waals surface area (Å²) >= 11 is 0. The lowest BCUT2D eigenvalue weighted by Gasteiger charge is -2.41. The number of fused-ring (bicyclic) bond motifs is 2. The molecular formula is C13H26N2. The van der Waals surface area contributed by atoms with Crippen molar-refractivity contribution in [2.75, 3.05) is 0 Å². The fourth-order valence-corrected chi connectivity index (χ4v) is 3.62. The zero-order chi connectivity index (χ0) is 10.8. The van der Waals surface area contributed by atoms with Gasteiger partial charge in [-0.2, -0.15) is 0 Å². The molecule has 2 aliphatic heterocycles. The van der Waals surface area contributed by atoms with Crippen molar-refractivity contribution < 1.29 is 0 Å². The summed E-state index contributed by atoms with van der Waals surface area (Å²) in [6.45, 7) is 4.70. The molecule has 2 fully saturated rings. The molecule has 0 aliphatic carbocycles. The van der Waals surface area contributed by atoms with E-state index in [0.717, 1.165) is 18.1 Å². The van der Waals surface area contributed by atoms with E-state index in [-0.39, 0.29) is 0 Å². The number of hydrogen-bond donors (Lipinski definition) is 1. The van der Waals surface area contributed by atoms with Crippen molar-refractivity contribution >= 4 is 0 Å². The van der Waals surface area contributed by atoms with Crippen LogP contribution in [0.2, 0.25) is 0 Å². The minimum atomic E-state index is 0.483. The highest BCUT2D eigenvalue weighted by molar-refractivity contribution is 4.98. The number of unbranched alkanes of at least 4 members (excludes halogenated alkanes) is 1. The Morgan fingerprint density at radius 2 is 1.87 bits per heavy atom. The lowest BCUT2D eigenvalue weighted by atomic mass is 9.95. The quantitative estimate of drug-likeness (QED) is 0.772. The lowest BCUT2D eigenvalue weighted by molar-refractivity contribution is 0.0802. The summed E-state index contributed by atoms with van der Waals surface area (Å²) in [5.74, 6) is 0. The van der Waals surface area contributed by atoms with E-state index in [0.29, 0.717) is 6.04 Å². The van der Waals surface area contributed by atoms with Crippen LogP contribution in [0.1, 0.15) is 58.8 Å². The summed E-state index contributed by atoms with van der Waals surface area (Å²) in [5, 5.41) is 0. The molecule has 0 aromatic rings. The summed E-state index contributed by atoms with van der Waals surface area (Å²) in [6, 6.07) is 2.89. The molecule has 3 unspecified atom stereocenters. The van der Waals surface area contributed by atoms with Gasteiger partial charge in [0, 0.05) is 24.2 Å². The Hall–Kier alpha value is -0.0800. The van der Waals surface area contributed by atoms with E-state index in [4.69, 9.17) is 5.73 Å². The zero-order valence-electron chi connectivity index (χ0n) is 10.3. The number of nitrogens with two attached hydrogens (primary N) is 1. The fourth-order valence-electron chi connectivity index (χ4n) is 3.62. The Bertz CT molecular complexity index is 191. The summed E-state index contributed by atoms with van der Waals surface area (Å²) in [7, 11) is 0. The van der Waals surface area contributed by atoms with Gasteiger partial charge in [-0.15, -0.1) is 0 Å². The van der Waals surface area contributed by atoms with Crippen molar-refractivity contribution in [3.8, 4) is 0 Å². The molecule has 2 N–H and O–H groups in total. The fraction of sp³-hybridized carbons (Fsp3) is 1.00. The molecule has 0 saturated carbocycles. The highest BCUT2D eigenvalue weighted by atomic mass is 15.2. The van der Waals surface area contributed by atoms with Crippen molar-refractivity contribution in [3.63, 3.8) is 0 Å². The molecule has 0 radical (unpaired) electrons. The van der Waals surface area contributed by atoms with E-state index < -0.39 is 0 Å². The van der Waals surface area contributed by atoms with E-state index in [1.165, 1.54) is 44.9 Å². The molecule has 2 rings (SSSR count). The van der Waals surface area contributed by atoms with Gasteiger partial charge in [-0.05, 0) is 39.0 Å². The van der Waals surface area contributed by atoms with E-state index in [2.05, 4.69) is 18.7 Å². The van der Waals surface area contributed by atoms with Crippen LogP contribution < -0.4 is 5.73 Å². The SMILES string of the molecule is CCCCC(C)N1C2CCC1CC(N)C2. The molecule has 2 heteroatoms. The van der Waals surface area contributed by atoms with Gasteiger partial charge in [0.15, 0.2) is 0 Å². The Morgan fingerprint density at radius 3 is 2.40 bits per heavy atom. The van der Waals surface area contributed by atoms with Crippen LogP contribution in [-0.4, -0.2) is 29.1 Å². The first kappa shape index (κ1) is 11.4. The third-order valence-electron chi connectivity index (χ3n) is 4.31. The second kappa shape index (κ2) is 4.84. The van der Waals surface area contributed by atoms with Crippen molar-refractivity contribution in [1.29, 1.82) is 0 Å². The van der Waals surface area contributed by atoms with Gasteiger partial charge in [0.1, 0.15) is 0 Å². The van der Waals surface area contributed by atoms with E-state index in [1.54, 1.807) is 0 Å². The van der Waals surface area contributed by atoms with Crippen LogP contribution in [0.4, 0.5) is 0 Å². The van der Waals surface area contributed by atoms with E-state index in [9.17, 15) is 0 Å². The first-order chi connectivity index (χ1) is 7.22. The van der Waals surface area contributed by atoms with Crippen LogP contribution in [0, 0.1) is 0 Å². The zero-order valence-corrected chi connectivity index (χ0v) is 10.3. The van der Waals surface area contributed by atoms with Gasteiger partial charge in [-0.25, -0.2) is 0 Å². The average molecular weight is 210 g/mol. The summed E-state index contributed by atoms with van der Waals surface area (Å²) in [5.41, 5.74) is 6.09. The van der Waals surface area contributed by atoms with Gasteiger partial charge in [0.2, 0.25) is 0 Å². The van der Waals surface area contributed by atoms with Gasteiger partial charge in [0.25, 0.3) is 0 Å². The van der Waals surface area contributed by atoms with Crippen molar-refractivity contribution in [2.24, 2.45) is 5.73 Å². The van der Waals surface area contributed by atoms with E-state index in [1.807, 2.05) is 0 Å². The van der Waals surface area contributed by atoms with E-state index >= 15 is 0 Å². The number of hydrogen-bond acceptors (Lipinski definition) is 2. The monoisotopic (exact) mass is 210 g/mol. The first-order valence-corrected chi connectivity index (χ1v) is 6.75. The number of nitrogens with zero attached hydrogens (tertiary/aromatic N) is 1. The summed E-state index contributed by atoms with van der Waals surface area (Å²) < 4.78 is 0. The number of piperidine rings is 1. The highest BCUT2D eigenvalue weighted by Gasteiger charge is 2.41. The first-order valence-electron chi connectivity index (χ1n) is 6.75. The van der Waals surface area contributed by atoms with Crippen molar-refractivity contribution in [3.05, 3.63) is 0 Å². The second-order valence-corrected chi connectivity index (χ2v) is 5.55. The Morgan fingerprint density at radius 1 is 1.27 bits per heavy atom. The third kappa shape index (κ3) is 2.36.